The lowest BCUT2D eigenvalue weighted by atomic mass is 9.96. The van der Waals surface area contributed by atoms with Gasteiger partial charge in [0.05, 0.1) is 0 Å². The third-order valence-electron chi connectivity index (χ3n) is 3.18. The van der Waals surface area contributed by atoms with E-state index in [4.69, 9.17) is 0 Å². The van der Waals surface area contributed by atoms with Gasteiger partial charge in [-0.2, -0.15) is 4.31 Å². The van der Waals surface area contributed by atoms with Crippen molar-refractivity contribution in [2.24, 2.45) is 5.41 Å². The summed E-state index contributed by atoms with van der Waals surface area (Å²) in [5, 5.41) is 10.3. The molecule has 0 spiro atoms. The minimum Gasteiger partial charge on any atom is -0.300 e. The molecule has 0 bridgehead atoms. The Labute approximate surface area is 128 Å². The van der Waals surface area contributed by atoms with Gasteiger partial charge < -0.3 is 5.32 Å². The molecule has 0 atom stereocenters. The summed E-state index contributed by atoms with van der Waals surface area (Å²) in [6.45, 7) is 6.36. The third-order valence-corrected chi connectivity index (χ3v) is 6.27. The predicted octanol–water partition coefficient (Wildman–Crippen LogP) is 1.70. The second-order valence-corrected chi connectivity index (χ2v) is 9.13. The van der Waals surface area contributed by atoms with E-state index in [1.807, 2.05) is 0 Å². The molecule has 118 valence electrons. The number of hydrogen-bond acceptors (Lipinski definition) is 6. The number of carbonyl (C=O) groups is 1. The van der Waals surface area contributed by atoms with Crippen molar-refractivity contribution in [2.45, 2.75) is 44.4 Å². The maximum atomic E-state index is 12.4. The molecule has 1 saturated heterocycles. The second kappa shape index (κ2) is 5.98. The molecule has 9 heteroatoms. The van der Waals surface area contributed by atoms with Gasteiger partial charge in [0.2, 0.25) is 15.4 Å². The van der Waals surface area contributed by atoms with Gasteiger partial charge in [0, 0.05) is 18.5 Å². The summed E-state index contributed by atoms with van der Waals surface area (Å²) in [6.07, 6.45) is 2.78. The summed E-state index contributed by atoms with van der Waals surface area (Å²) in [4.78, 5) is 11.9. The molecule has 0 radical (unpaired) electrons. The van der Waals surface area contributed by atoms with E-state index < -0.39 is 15.4 Å². The van der Waals surface area contributed by atoms with E-state index in [9.17, 15) is 13.2 Å². The first kappa shape index (κ1) is 16.3. The van der Waals surface area contributed by atoms with Crippen LogP contribution >= 0.6 is 11.3 Å². The summed E-state index contributed by atoms with van der Waals surface area (Å²) in [5.74, 6) is -0.222. The number of nitrogens with zero attached hydrogens (tertiary/aromatic N) is 3. The zero-order valence-electron chi connectivity index (χ0n) is 12.4. The standard InChI is InChI=1S/C12H20N4O3S2/c1-12(2,3)9(17)13-10-14-15-11(20-10)21(18,19)16-7-5-4-6-8-16/h4-8H2,1-3H3,(H,13,14,17). The lowest BCUT2D eigenvalue weighted by Crippen LogP contribution is -2.35. The van der Waals surface area contributed by atoms with E-state index >= 15 is 0 Å². The van der Waals surface area contributed by atoms with Crippen LogP contribution in [0.25, 0.3) is 0 Å². The third kappa shape index (κ3) is 3.78. The monoisotopic (exact) mass is 332 g/mol. The summed E-state index contributed by atoms with van der Waals surface area (Å²) >= 11 is 0.894. The molecule has 7 nitrogen and oxygen atoms in total. The van der Waals surface area contributed by atoms with Crippen molar-refractivity contribution in [2.75, 3.05) is 18.4 Å². The van der Waals surface area contributed by atoms with E-state index in [-0.39, 0.29) is 15.4 Å². The smallest absolute Gasteiger partial charge is 0.272 e. The Kier molecular flexibility index (Phi) is 4.64. The van der Waals surface area contributed by atoms with Crippen LogP contribution in [0.15, 0.2) is 4.34 Å². The van der Waals surface area contributed by atoms with E-state index in [0.717, 1.165) is 30.6 Å². The fourth-order valence-electron chi connectivity index (χ4n) is 1.86. The number of sulfonamides is 1. The summed E-state index contributed by atoms with van der Waals surface area (Å²) < 4.78 is 26.2. The van der Waals surface area contributed by atoms with Crippen LogP contribution in [0.4, 0.5) is 5.13 Å². The number of piperidine rings is 1. The largest absolute Gasteiger partial charge is 0.300 e. The molecule has 0 saturated carbocycles. The Hall–Kier alpha value is -1.06. The van der Waals surface area contributed by atoms with Gasteiger partial charge in [-0.25, -0.2) is 8.42 Å². The molecule has 2 rings (SSSR count). The molecule has 1 aromatic heterocycles. The highest BCUT2D eigenvalue weighted by Gasteiger charge is 2.30. The second-order valence-electron chi connectivity index (χ2n) is 6.04. The average Bonchev–Trinajstić information content (AvgIpc) is 2.88. The number of carbonyl (C=O) groups excluding carboxylic acids is 1. The highest BCUT2D eigenvalue weighted by Crippen LogP contribution is 2.26. The normalized spacial score (nSPS) is 17.7. The maximum absolute atomic E-state index is 12.4. The van der Waals surface area contributed by atoms with Crippen molar-refractivity contribution >= 4 is 32.4 Å². The van der Waals surface area contributed by atoms with Gasteiger partial charge in [-0.1, -0.05) is 38.5 Å². The van der Waals surface area contributed by atoms with Crippen molar-refractivity contribution in [3.8, 4) is 0 Å². The number of nitrogens with one attached hydrogen (secondary N) is 1. The fourth-order valence-corrected chi connectivity index (χ4v) is 4.42. The Morgan fingerprint density at radius 2 is 1.81 bits per heavy atom. The van der Waals surface area contributed by atoms with Crippen LogP contribution in [-0.4, -0.2) is 41.9 Å². The first-order chi connectivity index (χ1) is 9.71. The van der Waals surface area contributed by atoms with E-state index in [2.05, 4.69) is 15.5 Å². The molecule has 2 heterocycles. The van der Waals surface area contributed by atoms with E-state index in [0.29, 0.717) is 13.1 Å². The first-order valence-electron chi connectivity index (χ1n) is 6.86. The topological polar surface area (TPSA) is 92.3 Å². The molecule has 0 aliphatic carbocycles. The first-order valence-corrected chi connectivity index (χ1v) is 9.12. The molecular weight excluding hydrogens is 312 g/mol. The van der Waals surface area contributed by atoms with Gasteiger partial charge in [-0.05, 0) is 12.8 Å². The van der Waals surface area contributed by atoms with Crippen molar-refractivity contribution in [1.82, 2.24) is 14.5 Å². The molecule has 1 aromatic rings. The van der Waals surface area contributed by atoms with Gasteiger partial charge in [-0.3, -0.25) is 4.79 Å². The van der Waals surface area contributed by atoms with Crippen LogP contribution in [0.2, 0.25) is 0 Å². The molecule has 1 aliphatic rings. The Balaban J connectivity index is 2.14. The molecule has 21 heavy (non-hydrogen) atoms. The molecule has 1 N–H and O–H groups in total. The van der Waals surface area contributed by atoms with Crippen LogP contribution in [0.5, 0.6) is 0 Å². The van der Waals surface area contributed by atoms with Crippen LogP contribution in [-0.2, 0) is 14.8 Å². The molecular formula is C12H20N4O3S2. The van der Waals surface area contributed by atoms with Crippen LogP contribution in [0.3, 0.4) is 0 Å². The molecule has 1 amide bonds. The van der Waals surface area contributed by atoms with E-state index in [1.165, 1.54) is 4.31 Å². The van der Waals surface area contributed by atoms with Crippen LogP contribution in [0, 0.1) is 5.41 Å². The number of rotatable bonds is 3. The highest BCUT2D eigenvalue weighted by molar-refractivity contribution is 7.91. The summed E-state index contributed by atoms with van der Waals surface area (Å²) in [7, 11) is -3.59. The number of anilines is 1. The van der Waals surface area contributed by atoms with Crippen molar-refractivity contribution in [3.63, 3.8) is 0 Å². The Morgan fingerprint density at radius 3 is 2.38 bits per heavy atom. The zero-order chi connectivity index (χ0) is 15.7. The number of aromatic nitrogens is 2. The quantitative estimate of drug-likeness (QED) is 0.851. The van der Waals surface area contributed by atoms with Gasteiger partial charge >= 0.3 is 0 Å². The summed E-state index contributed by atoms with van der Waals surface area (Å²) in [5.41, 5.74) is -0.572. The highest BCUT2D eigenvalue weighted by atomic mass is 32.2. The van der Waals surface area contributed by atoms with Crippen molar-refractivity contribution < 1.29 is 13.2 Å². The number of hydrogen-bond donors (Lipinski definition) is 1. The molecule has 1 fully saturated rings. The lowest BCUT2D eigenvalue weighted by Gasteiger charge is -2.24. The van der Waals surface area contributed by atoms with Gasteiger partial charge in [0.15, 0.2) is 0 Å². The molecule has 0 unspecified atom stereocenters. The van der Waals surface area contributed by atoms with Gasteiger partial charge in [0.1, 0.15) is 0 Å². The van der Waals surface area contributed by atoms with Gasteiger partial charge in [-0.15, -0.1) is 10.2 Å². The zero-order valence-corrected chi connectivity index (χ0v) is 14.1. The minimum atomic E-state index is -3.59. The summed E-state index contributed by atoms with van der Waals surface area (Å²) in [6, 6.07) is 0. The molecule has 0 aromatic carbocycles. The Bertz CT molecular complexity index is 613. The molecule has 1 aliphatic heterocycles. The van der Waals surface area contributed by atoms with Crippen molar-refractivity contribution in [3.05, 3.63) is 0 Å². The lowest BCUT2D eigenvalue weighted by molar-refractivity contribution is -0.123. The van der Waals surface area contributed by atoms with Crippen LogP contribution < -0.4 is 5.32 Å². The fraction of sp³-hybridized carbons (Fsp3) is 0.750. The van der Waals surface area contributed by atoms with Crippen LogP contribution in [0.1, 0.15) is 40.0 Å². The van der Waals surface area contributed by atoms with Crippen molar-refractivity contribution in [1.29, 1.82) is 0 Å². The number of amides is 1. The average molecular weight is 332 g/mol. The Morgan fingerprint density at radius 1 is 1.19 bits per heavy atom. The predicted molar refractivity (Wildman–Crippen MR) is 80.6 cm³/mol. The minimum absolute atomic E-state index is 0.0615. The maximum Gasteiger partial charge on any atom is 0.272 e. The van der Waals surface area contributed by atoms with E-state index in [1.54, 1.807) is 20.8 Å². The van der Waals surface area contributed by atoms with Gasteiger partial charge in [0.25, 0.3) is 10.0 Å². The SMILES string of the molecule is CC(C)(C)C(=O)Nc1nnc(S(=O)(=O)N2CCCCC2)s1.